The number of anilines is 1. The first-order valence-corrected chi connectivity index (χ1v) is 12.9. The molecule has 1 aromatic carbocycles. The van der Waals surface area contributed by atoms with Crippen molar-refractivity contribution in [1.29, 1.82) is 0 Å². The molecule has 12 heteroatoms. The molecule has 1 saturated heterocycles. The third-order valence-electron chi connectivity index (χ3n) is 6.53. The molecule has 2 aliphatic rings. The van der Waals surface area contributed by atoms with E-state index in [1.165, 1.54) is 11.3 Å². The van der Waals surface area contributed by atoms with Gasteiger partial charge < -0.3 is 25.0 Å². The van der Waals surface area contributed by atoms with Crippen molar-refractivity contribution in [3.8, 4) is 5.75 Å². The quantitative estimate of drug-likeness (QED) is 0.371. The van der Waals surface area contributed by atoms with Gasteiger partial charge in [-0.05, 0) is 31.5 Å². The average molecular weight is 543 g/mol. The van der Waals surface area contributed by atoms with E-state index in [0.29, 0.717) is 47.7 Å². The van der Waals surface area contributed by atoms with E-state index >= 15 is 0 Å². The van der Waals surface area contributed by atoms with Crippen LogP contribution in [0.1, 0.15) is 44.0 Å². The first-order valence-electron chi connectivity index (χ1n) is 11.3. The molecule has 0 bridgehead atoms. The van der Waals surface area contributed by atoms with Crippen molar-refractivity contribution in [2.24, 2.45) is 11.8 Å². The summed E-state index contributed by atoms with van der Waals surface area (Å²) < 4.78 is 5.47. The van der Waals surface area contributed by atoms with Crippen molar-refractivity contribution >= 4 is 70.4 Å². The molecule has 3 aromatic rings. The van der Waals surface area contributed by atoms with E-state index in [0.717, 1.165) is 11.3 Å². The zero-order valence-corrected chi connectivity index (χ0v) is 21.4. The number of rotatable bonds is 8. The van der Waals surface area contributed by atoms with Gasteiger partial charge in [-0.25, -0.2) is 9.78 Å². The standard InChI is InChI=1S/C24H24Cl2N4O4S.Li.H/c1-3-34-13-6-4-12(5-7-13)8-16-21(23(32)33)35-24(28-16)30-9-14-15(10-30)19(14)29-22(31)20-18(26)17(25)11(2)27-20;;/h4-7,14-15,19,27H,3,8-10H2,1-2H3,(H,29,31)(H,32,33);;/t14-,15+,19?;;. The SMILES string of the molecule is CCOc1ccc(Cc2nc(N3C[C@@H]4C(NC(=O)c5[nH]c(C)c(Cl)c5Cl)[C@@H]4C3)sc2C(=O)O)cc1.[LiH]. The van der Waals surface area contributed by atoms with Crippen LogP contribution in [0.25, 0.3) is 0 Å². The fourth-order valence-corrected chi connectivity index (χ4v) is 6.03. The molecular weight excluding hydrogens is 518 g/mol. The molecule has 0 radical (unpaired) electrons. The predicted octanol–water partition coefficient (Wildman–Crippen LogP) is 3.99. The zero-order chi connectivity index (χ0) is 24.9. The number of hydrogen-bond donors (Lipinski definition) is 3. The molecule has 8 nitrogen and oxygen atoms in total. The number of halogens is 2. The minimum absolute atomic E-state index is 0. The number of carboxylic acids is 1. The van der Waals surface area contributed by atoms with E-state index in [9.17, 15) is 14.7 Å². The van der Waals surface area contributed by atoms with Crippen LogP contribution in [0.15, 0.2) is 24.3 Å². The summed E-state index contributed by atoms with van der Waals surface area (Å²) >= 11 is 13.5. The third kappa shape index (κ3) is 5.13. The van der Waals surface area contributed by atoms with Gasteiger partial charge in [0, 0.05) is 43.1 Å². The Morgan fingerprint density at radius 3 is 2.44 bits per heavy atom. The number of carbonyl (C=O) groups is 2. The third-order valence-corrected chi connectivity index (χ3v) is 8.62. The normalized spacial score (nSPS) is 20.0. The number of hydrogen-bond acceptors (Lipinski definition) is 6. The van der Waals surface area contributed by atoms with Crippen LogP contribution in [0.5, 0.6) is 5.75 Å². The summed E-state index contributed by atoms with van der Waals surface area (Å²) in [6, 6.07) is 7.67. The molecule has 36 heavy (non-hydrogen) atoms. The Hall–Kier alpha value is -2.15. The van der Waals surface area contributed by atoms with Gasteiger partial charge in [-0.2, -0.15) is 0 Å². The topological polar surface area (TPSA) is 108 Å². The number of aryl methyl sites for hydroxylation is 1. The van der Waals surface area contributed by atoms with Crippen LogP contribution in [0, 0.1) is 18.8 Å². The Balaban J connectivity index is 0.00000304. The van der Waals surface area contributed by atoms with Gasteiger partial charge in [0.05, 0.1) is 22.3 Å². The second-order valence-electron chi connectivity index (χ2n) is 8.82. The number of carbonyl (C=O) groups excluding carboxylic acids is 1. The minimum atomic E-state index is -0.971. The number of amides is 1. The number of H-pyrrole nitrogens is 1. The van der Waals surface area contributed by atoms with Gasteiger partial charge in [-0.1, -0.05) is 46.7 Å². The van der Waals surface area contributed by atoms with Crippen LogP contribution in [0.2, 0.25) is 10.0 Å². The summed E-state index contributed by atoms with van der Waals surface area (Å²) in [4.78, 5) is 34.5. The van der Waals surface area contributed by atoms with E-state index in [1.807, 2.05) is 31.2 Å². The number of aromatic carboxylic acids is 1. The number of thiazole rings is 1. The molecule has 3 N–H and O–H groups in total. The number of nitrogens with one attached hydrogen (secondary N) is 2. The Labute approximate surface area is 234 Å². The van der Waals surface area contributed by atoms with Gasteiger partial charge in [0.15, 0.2) is 5.13 Å². The molecule has 1 saturated carbocycles. The molecule has 5 rings (SSSR count). The van der Waals surface area contributed by atoms with Crippen LogP contribution in [-0.4, -0.2) is 71.5 Å². The maximum atomic E-state index is 12.6. The second-order valence-corrected chi connectivity index (χ2v) is 10.5. The van der Waals surface area contributed by atoms with Crippen LogP contribution in [-0.2, 0) is 6.42 Å². The number of benzene rings is 1. The van der Waals surface area contributed by atoms with E-state index in [2.05, 4.69) is 20.2 Å². The van der Waals surface area contributed by atoms with E-state index < -0.39 is 5.97 Å². The summed E-state index contributed by atoms with van der Waals surface area (Å²) in [7, 11) is 0. The van der Waals surface area contributed by atoms with Crippen molar-refractivity contribution < 1.29 is 19.4 Å². The molecule has 186 valence electrons. The van der Waals surface area contributed by atoms with Gasteiger partial charge >= 0.3 is 24.8 Å². The maximum absolute atomic E-state index is 12.6. The number of aromatic nitrogens is 2. The molecule has 3 atom stereocenters. The van der Waals surface area contributed by atoms with Crippen molar-refractivity contribution in [2.45, 2.75) is 26.3 Å². The number of fused-ring (bicyclic) bond motifs is 1. The number of ether oxygens (including phenoxy) is 1. The molecule has 1 amide bonds. The van der Waals surface area contributed by atoms with Gasteiger partial charge in [0.2, 0.25) is 0 Å². The summed E-state index contributed by atoms with van der Waals surface area (Å²) in [6.45, 7) is 5.70. The Morgan fingerprint density at radius 1 is 1.22 bits per heavy atom. The fraction of sp³-hybridized carbons (Fsp3) is 0.375. The van der Waals surface area contributed by atoms with Crippen molar-refractivity contribution in [3.05, 3.63) is 61.8 Å². The van der Waals surface area contributed by atoms with E-state index in [-0.39, 0.29) is 58.2 Å². The molecule has 2 aromatic heterocycles. The average Bonchev–Trinajstić information content (AvgIpc) is 3.20. The fourth-order valence-electron chi connectivity index (χ4n) is 4.67. The number of nitrogens with zero attached hydrogens (tertiary/aromatic N) is 2. The molecular formula is C24H25Cl2LiN4O4S. The monoisotopic (exact) mass is 542 g/mol. The predicted molar refractivity (Wildman–Crippen MR) is 143 cm³/mol. The van der Waals surface area contributed by atoms with Crippen molar-refractivity contribution in [3.63, 3.8) is 0 Å². The molecule has 2 fully saturated rings. The summed E-state index contributed by atoms with van der Waals surface area (Å²) in [5.74, 6) is 0.118. The second kappa shape index (κ2) is 10.7. The summed E-state index contributed by atoms with van der Waals surface area (Å²) in [5.41, 5.74) is 2.46. The Kier molecular flexibility index (Phi) is 7.98. The van der Waals surface area contributed by atoms with Crippen LogP contribution >= 0.6 is 34.5 Å². The number of carboxylic acid groups (broad SMARTS) is 1. The van der Waals surface area contributed by atoms with Gasteiger partial charge in [-0.3, -0.25) is 4.79 Å². The number of piperidine rings is 1. The van der Waals surface area contributed by atoms with Crippen molar-refractivity contribution in [2.75, 3.05) is 24.6 Å². The first kappa shape index (κ1) is 26.9. The van der Waals surface area contributed by atoms with Crippen LogP contribution in [0.3, 0.4) is 0 Å². The Morgan fingerprint density at radius 2 is 1.89 bits per heavy atom. The molecule has 3 heterocycles. The Bertz CT molecular complexity index is 1280. The van der Waals surface area contributed by atoms with E-state index in [1.54, 1.807) is 6.92 Å². The molecule has 1 aliphatic carbocycles. The van der Waals surface area contributed by atoms with Gasteiger partial charge in [0.1, 0.15) is 16.3 Å². The molecule has 0 spiro atoms. The number of aromatic amines is 1. The first-order chi connectivity index (χ1) is 16.8. The van der Waals surface area contributed by atoms with Gasteiger partial charge in [0.25, 0.3) is 5.91 Å². The molecule has 1 unspecified atom stereocenters. The van der Waals surface area contributed by atoms with Crippen LogP contribution < -0.4 is 15.0 Å². The molecule has 1 aliphatic heterocycles. The zero-order valence-electron chi connectivity index (χ0n) is 19.1. The summed E-state index contributed by atoms with van der Waals surface area (Å²) in [5, 5.41) is 14.1. The van der Waals surface area contributed by atoms with E-state index in [4.69, 9.17) is 27.9 Å². The van der Waals surface area contributed by atoms with Crippen LogP contribution in [0.4, 0.5) is 5.13 Å². The summed E-state index contributed by atoms with van der Waals surface area (Å²) in [6.07, 6.45) is 0.433. The van der Waals surface area contributed by atoms with Gasteiger partial charge in [-0.15, -0.1) is 0 Å². The van der Waals surface area contributed by atoms with Crippen molar-refractivity contribution in [1.82, 2.24) is 15.3 Å².